The second-order valence-corrected chi connectivity index (χ2v) is 18.4. The van der Waals surface area contributed by atoms with E-state index in [4.69, 9.17) is 9.07 Å². The maximum absolute atomic E-state index is 5.98. The maximum atomic E-state index is 5.98. The molecule has 1 aromatic rings. The molecule has 5 heteroatoms. The van der Waals surface area contributed by atoms with E-state index in [1.54, 1.807) is 0 Å². The van der Waals surface area contributed by atoms with Crippen molar-refractivity contribution in [2.75, 3.05) is 4.23 Å². The minimum absolute atomic E-state index is 0.541. The van der Waals surface area contributed by atoms with Crippen molar-refractivity contribution < 1.29 is 0 Å². The third kappa shape index (κ3) is 4.28. The normalized spacial score (nSPS) is 12.2. The monoisotopic (exact) mass is 295 g/mol. The Morgan fingerprint density at radius 2 is 1.29 bits per heavy atom. The van der Waals surface area contributed by atoms with Gasteiger partial charge in [-0.25, -0.2) is 0 Å². The molecule has 0 fully saturated rings. The minimum Gasteiger partial charge on any atom is -0.425 e. The fourth-order valence-electron chi connectivity index (χ4n) is 2.51. The Labute approximate surface area is 121 Å². The predicted molar refractivity (Wildman–Crippen MR) is 86.9 cm³/mol. The molecule has 92 valence electrons. The van der Waals surface area contributed by atoms with Gasteiger partial charge < -0.3 is 13.3 Å². The topological polar surface area (TPSA) is 3.24 Å². The van der Waals surface area contributed by atoms with Crippen LogP contribution in [0.1, 0.15) is 0 Å². The molecule has 0 saturated carbocycles. The molecule has 0 heterocycles. The summed E-state index contributed by atoms with van der Waals surface area (Å²) < 4.78 is 4.07. The van der Waals surface area contributed by atoms with E-state index in [9.17, 15) is 0 Å². The van der Waals surface area contributed by atoms with Crippen LogP contribution in [0.5, 0.6) is 0 Å². The molecule has 0 atom stereocenters. The van der Waals surface area contributed by atoms with Crippen molar-refractivity contribution in [1.29, 1.82) is 0 Å². The highest BCUT2D eigenvalue weighted by molar-refractivity contribution is 7.01. The standard InChI is InChI=1S/C12H22NSi2.ClH.Mg/c1-14(2,3)13(15(4,5)6)12-10-8-7-9-11-12;;/h8-11H,1-6H3;1H;/q;;+1/p-1. The largest absolute Gasteiger partial charge is 0.538 e. The molecule has 0 saturated heterocycles. The van der Waals surface area contributed by atoms with Crippen molar-refractivity contribution in [2.45, 2.75) is 39.3 Å². The highest BCUT2D eigenvalue weighted by Crippen LogP contribution is 2.27. The average Bonchev–Trinajstić information content (AvgIpc) is 2.14. The molecular weight excluding hydrogens is 274 g/mol. The van der Waals surface area contributed by atoms with E-state index in [1.165, 1.54) is 9.38 Å². The summed E-state index contributed by atoms with van der Waals surface area (Å²) in [6.07, 6.45) is 0. The van der Waals surface area contributed by atoms with Gasteiger partial charge in [0.1, 0.15) is 16.5 Å². The number of anilines is 1. The van der Waals surface area contributed by atoms with Gasteiger partial charge in [0.2, 0.25) is 0 Å². The number of hydrogen-bond donors (Lipinski definition) is 0. The number of hydrogen-bond acceptors (Lipinski definition) is 1. The van der Waals surface area contributed by atoms with Crippen LogP contribution in [0, 0.1) is 0 Å². The molecule has 1 aromatic carbocycles. The lowest BCUT2D eigenvalue weighted by Crippen LogP contribution is -2.59. The second kappa shape index (κ2) is 5.65. The van der Waals surface area contributed by atoms with Gasteiger partial charge in [0, 0.05) is 5.69 Å². The van der Waals surface area contributed by atoms with Gasteiger partial charge in [0.25, 0.3) is 0 Å². The number of rotatable bonds is 4. The quantitative estimate of drug-likeness (QED) is 0.767. The van der Waals surface area contributed by atoms with E-state index in [-0.39, 0.29) is 0 Å². The van der Waals surface area contributed by atoms with Gasteiger partial charge in [-0.2, -0.15) is 0 Å². The lowest BCUT2D eigenvalue weighted by atomic mass is 10.3. The Balaban J connectivity index is 3.14. The Morgan fingerprint density at radius 3 is 1.59 bits per heavy atom. The number of halogens is 1. The van der Waals surface area contributed by atoms with Crippen LogP contribution in [0.15, 0.2) is 24.3 Å². The van der Waals surface area contributed by atoms with Crippen LogP contribution in [0.2, 0.25) is 39.3 Å². The maximum Gasteiger partial charge on any atom is 0.538 e. The summed E-state index contributed by atoms with van der Waals surface area (Å²) >= 11 is -0.541. The van der Waals surface area contributed by atoms with E-state index in [0.29, 0.717) is 0 Å². The zero-order valence-electron chi connectivity index (χ0n) is 11.8. The van der Waals surface area contributed by atoms with Gasteiger partial charge >= 0.3 is 19.3 Å². The fourth-order valence-corrected chi connectivity index (χ4v) is 13.4. The summed E-state index contributed by atoms with van der Waals surface area (Å²) in [5.41, 5.74) is 1.39. The molecule has 0 bridgehead atoms. The van der Waals surface area contributed by atoms with Crippen molar-refractivity contribution in [3.8, 4) is 0 Å². The van der Waals surface area contributed by atoms with E-state index >= 15 is 0 Å². The Bertz CT molecular complexity index is 354. The number of nitrogens with zero attached hydrogens (tertiary/aromatic N) is 1. The van der Waals surface area contributed by atoms with Crippen molar-refractivity contribution >= 4 is 54.2 Å². The zero-order chi connectivity index (χ0) is 13.3. The van der Waals surface area contributed by atoms with Gasteiger partial charge in [-0.15, -0.1) is 3.69 Å². The fraction of sp³-hybridized carbons (Fsp3) is 0.500. The molecule has 1 nitrogen and oxygen atoms in total. The highest BCUT2D eigenvalue weighted by atomic mass is 35.5. The minimum atomic E-state index is -1.32. The first-order chi connectivity index (χ1) is 7.66. The first kappa shape index (κ1) is 15.6. The van der Waals surface area contributed by atoms with Gasteiger partial charge in [-0.3, -0.25) is 0 Å². The van der Waals surface area contributed by atoms with Crippen LogP contribution in [-0.2, 0) is 0 Å². The SMILES string of the molecule is C[Si](C)(C)N(c1cc[c]([Mg][Cl])cc1)[Si](C)(C)C. The molecule has 0 aromatic heterocycles. The van der Waals surface area contributed by atoms with Crippen molar-refractivity contribution in [3.63, 3.8) is 0 Å². The zero-order valence-corrected chi connectivity index (χ0v) is 16.0. The number of benzene rings is 1. The van der Waals surface area contributed by atoms with Gasteiger partial charge in [0.05, 0.1) is 0 Å². The van der Waals surface area contributed by atoms with Crippen LogP contribution in [0.3, 0.4) is 0 Å². The Morgan fingerprint density at radius 1 is 0.882 bits per heavy atom. The molecule has 0 radical (unpaired) electrons. The van der Waals surface area contributed by atoms with E-state index in [0.717, 1.165) is 0 Å². The Kier molecular flexibility index (Phi) is 5.17. The molecule has 0 aliphatic carbocycles. The molecule has 17 heavy (non-hydrogen) atoms. The molecule has 0 amide bonds. The summed E-state index contributed by atoms with van der Waals surface area (Å²) in [4.78, 5) is 0. The van der Waals surface area contributed by atoms with Gasteiger partial charge in [0.15, 0.2) is 0 Å². The molecule has 0 unspecified atom stereocenters. The van der Waals surface area contributed by atoms with Crippen LogP contribution in [-0.4, -0.2) is 35.7 Å². The van der Waals surface area contributed by atoms with Crippen LogP contribution >= 0.6 is 9.07 Å². The van der Waals surface area contributed by atoms with Gasteiger partial charge in [-0.05, 0) is 12.1 Å². The Hall–Kier alpha value is 0.510. The average molecular weight is 296 g/mol. The molecule has 0 spiro atoms. The third-order valence-corrected chi connectivity index (χ3v) is 11.6. The van der Waals surface area contributed by atoms with Crippen molar-refractivity contribution in [2.24, 2.45) is 0 Å². The smallest absolute Gasteiger partial charge is 0.425 e. The lowest BCUT2D eigenvalue weighted by molar-refractivity contribution is 1.36. The van der Waals surface area contributed by atoms with Crippen molar-refractivity contribution in [1.82, 2.24) is 0 Å². The summed E-state index contributed by atoms with van der Waals surface area (Å²) in [6, 6.07) is 8.95. The first-order valence-corrected chi connectivity index (χ1v) is 15.9. The van der Waals surface area contributed by atoms with E-state index in [2.05, 4.69) is 67.8 Å². The van der Waals surface area contributed by atoms with Crippen LogP contribution in [0.4, 0.5) is 5.69 Å². The van der Waals surface area contributed by atoms with Crippen molar-refractivity contribution in [3.05, 3.63) is 24.3 Å². The first-order valence-electron chi connectivity index (χ1n) is 6.11. The molecule has 1 rings (SSSR count). The summed E-state index contributed by atoms with van der Waals surface area (Å²) in [5, 5.41) is 0. The van der Waals surface area contributed by atoms with E-state index in [1.807, 2.05) is 0 Å². The summed E-state index contributed by atoms with van der Waals surface area (Å²) in [5.74, 6) is 0. The molecule has 0 aliphatic rings. The predicted octanol–water partition coefficient (Wildman–Crippen LogP) is 3.65. The molecular formula is C12H22ClMgNSi2. The van der Waals surface area contributed by atoms with Crippen LogP contribution in [0.25, 0.3) is 0 Å². The third-order valence-electron chi connectivity index (χ3n) is 2.69. The second-order valence-electron chi connectivity index (χ2n) is 6.48. The van der Waals surface area contributed by atoms with Crippen LogP contribution < -0.4 is 7.92 Å². The molecule has 0 aliphatic heterocycles. The van der Waals surface area contributed by atoms with Gasteiger partial charge in [-0.1, -0.05) is 51.4 Å². The summed E-state index contributed by atoms with van der Waals surface area (Å²) in [7, 11) is 3.35. The molecule has 0 N–H and O–H groups in total. The van der Waals surface area contributed by atoms with E-state index < -0.39 is 35.7 Å². The summed E-state index contributed by atoms with van der Waals surface area (Å²) in [6.45, 7) is 14.6. The highest BCUT2D eigenvalue weighted by Gasteiger charge is 2.34. The lowest BCUT2D eigenvalue weighted by Gasteiger charge is -2.46.